The van der Waals surface area contributed by atoms with Gasteiger partial charge in [0, 0.05) is 37.0 Å². The van der Waals surface area contributed by atoms with Crippen molar-refractivity contribution in [1.82, 2.24) is 20.4 Å². The van der Waals surface area contributed by atoms with Crippen LogP contribution in [0.3, 0.4) is 0 Å². The van der Waals surface area contributed by atoms with Crippen molar-refractivity contribution < 1.29 is 9.32 Å². The Bertz CT molecular complexity index is 733. The van der Waals surface area contributed by atoms with Crippen molar-refractivity contribution in [2.45, 2.75) is 17.9 Å². The quantitative estimate of drug-likeness (QED) is 0.818. The monoisotopic (exact) mass is 347 g/mol. The van der Waals surface area contributed by atoms with Gasteiger partial charge < -0.3 is 15.2 Å². The van der Waals surface area contributed by atoms with Crippen LogP contribution in [0.15, 0.2) is 27.6 Å². The van der Waals surface area contributed by atoms with Gasteiger partial charge in [0.05, 0.1) is 11.7 Å². The smallest absolute Gasteiger partial charge is 0.258 e. The number of rotatable bonds is 4. The Hall–Kier alpha value is -1.90. The minimum atomic E-state index is -0.0917. The number of benzene rings is 1. The zero-order valence-corrected chi connectivity index (χ0v) is 14.8. The maximum Gasteiger partial charge on any atom is 0.258 e. The number of piperazine rings is 1. The number of thioether (sulfide) groups is 1. The van der Waals surface area contributed by atoms with Gasteiger partial charge in [0.25, 0.3) is 5.89 Å². The fraction of sp³-hybridized carbons (Fsp3) is 0.438. The standard InChI is InChI=1S/C16H21N5O2S/c1-10(22)18-12-5-4-11(8-14(12)24-3)16-19-15(20-23-16)13-9-17-6-7-21(13)2/h4-5,8,13,17H,6-7,9H2,1-3H3,(H,18,22). The second-order valence-corrected chi connectivity index (χ2v) is 6.60. The van der Waals surface area contributed by atoms with Crippen LogP contribution in [0.4, 0.5) is 5.69 Å². The molecule has 1 unspecified atom stereocenters. The van der Waals surface area contributed by atoms with E-state index in [0.717, 1.165) is 35.8 Å². The van der Waals surface area contributed by atoms with Crippen molar-refractivity contribution in [3.63, 3.8) is 0 Å². The topological polar surface area (TPSA) is 83.3 Å². The molecule has 1 aliphatic rings. The Morgan fingerprint density at radius 1 is 1.50 bits per heavy atom. The van der Waals surface area contributed by atoms with Gasteiger partial charge in [-0.25, -0.2) is 0 Å². The third kappa shape index (κ3) is 3.61. The molecule has 1 atom stereocenters. The zero-order chi connectivity index (χ0) is 17.1. The molecule has 1 amide bonds. The fourth-order valence-corrected chi connectivity index (χ4v) is 3.28. The molecule has 2 N–H and O–H groups in total. The molecule has 2 heterocycles. The van der Waals surface area contributed by atoms with Crippen molar-refractivity contribution in [2.24, 2.45) is 0 Å². The van der Waals surface area contributed by atoms with Crippen LogP contribution < -0.4 is 10.6 Å². The molecule has 0 radical (unpaired) electrons. The Kier molecular flexibility index (Phi) is 5.17. The number of nitrogens with zero attached hydrogens (tertiary/aromatic N) is 3. The fourth-order valence-electron chi connectivity index (χ4n) is 2.70. The molecule has 1 fully saturated rings. The van der Waals surface area contributed by atoms with Crippen LogP contribution in [0.1, 0.15) is 18.8 Å². The van der Waals surface area contributed by atoms with Gasteiger partial charge in [0.2, 0.25) is 5.91 Å². The Labute approximate surface area is 145 Å². The highest BCUT2D eigenvalue weighted by Gasteiger charge is 2.25. The van der Waals surface area contributed by atoms with E-state index in [-0.39, 0.29) is 11.9 Å². The second-order valence-electron chi connectivity index (χ2n) is 5.75. The van der Waals surface area contributed by atoms with E-state index in [1.165, 1.54) is 6.92 Å². The molecule has 1 aromatic carbocycles. The van der Waals surface area contributed by atoms with E-state index in [0.29, 0.717) is 11.7 Å². The Morgan fingerprint density at radius 2 is 2.33 bits per heavy atom. The average Bonchev–Trinajstić information content (AvgIpc) is 3.05. The summed E-state index contributed by atoms with van der Waals surface area (Å²) in [5.74, 6) is 1.09. The van der Waals surface area contributed by atoms with Crippen molar-refractivity contribution in [1.29, 1.82) is 0 Å². The number of amides is 1. The summed E-state index contributed by atoms with van der Waals surface area (Å²) in [4.78, 5) is 19.0. The molecule has 0 bridgehead atoms. The molecule has 24 heavy (non-hydrogen) atoms. The van der Waals surface area contributed by atoms with Gasteiger partial charge in [-0.15, -0.1) is 11.8 Å². The van der Waals surface area contributed by atoms with Gasteiger partial charge in [-0.3, -0.25) is 9.69 Å². The third-order valence-electron chi connectivity index (χ3n) is 4.01. The molecule has 2 aromatic rings. The second kappa shape index (κ2) is 7.33. The summed E-state index contributed by atoms with van der Waals surface area (Å²) in [5, 5.41) is 10.3. The number of nitrogens with one attached hydrogen (secondary N) is 2. The normalized spacial score (nSPS) is 18.5. The van der Waals surface area contributed by atoms with Gasteiger partial charge >= 0.3 is 0 Å². The van der Waals surface area contributed by atoms with Crippen molar-refractivity contribution in [3.8, 4) is 11.5 Å². The first-order chi connectivity index (χ1) is 11.6. The molecular formula is C16H21N5O2S. The lowest BCUT2D eigenvalue weighted by atomic mass is 10.2. The van der Waals surface area contributed by atoms with Gasteiger partial charge in [-0.2, -0.15) is 4.98 Å². The number of hydrogen-bond acceptors (Lipinski definition) is 7. The molecule has 0 saturated carbocycles. The highest BCUT2D eigenvalue weighted by atomic mass is 32.2. The number of carbonyl (C=O) groups is 1. The van der Waals surface area contributed by atoms with Crippen LogP contribution in [0.5, 0.6) is 0 Å². The summed E-state index contributed by atoms with van der Waals surface area (Å²) in [6.07, 6.45) is 1.96. The van der Waals surface area contributed by atoms with Crippen molar-refractivity contribution in [2.75, 3.05) is 38.3 Å². The highest BCUT2D eigenvalue weighted by molar-refractivity contribution is 7.98. The minimum Gasteiger partial charge on any atom is -0.334 e. The molecule has 1 saturated heterocycles. The summed E-state index contributed by atoms with van der Waals surface area (Å²) >= 11 is 1.56. The molecule has 0 spiro atoms. The van der Waals surface area contributed by atoms with E-state index in [1.54, 1.807) is 11.8 Å². The lowest BCUT2D eigenvalue weighted by molar-refractivity contribution is -0.114. The SMILES string of the molecule is CSc1cc(-c2nc(C3CNCCN3C)no2)ccc1NC(C)=O. The van der Waals surface area contributed by atoms with Crippen LogP contribution in [-0.4, -0.2) is 53.9 Å². The zero-order valence-electron chi connectivity index (χ0n) is 14.0. The molecule has 8 heteroatoms. The van der Waals surface area contributed by atoms with E-state index in [4.69, 9.17) is 4.52 Å². The van der Waals surface area contributed by atoms with Crippen LogP contribution in [0.25, 0.3) is 11.5 Å². The van der Waals surface area contributed by atoms with Gasteiger partial charge in [0.15, 0.2) is 5.82 Å². The highest BCUT2D eigenvalue weighted by Crippen LogP contribution is 2.31. The number of likely N-dealkylation sites (N-methyl/N-ethyl adjacent to an activating group) is 1. The minimum absolute atomic E-state index is 0.0917. The van der Waals surface area contributed by atoms with E-state index < -0.39 is 0 Å². The van der Waals surface area contributed by atoms with E-state index in [1.807, 2.05) is 24.5 Å². The average molecular weight is 347 g/mol. The molecule has 0 aliphatic carbocycles. The number of carbonyl (C=O) groups excluding carboxylic acids is 1. The number of aromatic nitrogens is 2. The van der Waals surface area contributed by atoms with Crippen LogP contribution in [-0.2, 0) is 4.79 Å². The van der Waals surface area contributed by atoms with Crippen molar-refractivity contribution >= 4 is 23.4 Å². The largest absolute Gasteiger partial charge is 0.334 e. The predicted molar refractivity (Wildman–Crippen MR) is 94.1 cm³/mol. The Morgan fingerprint density at radius 3 is 3.04 bits per heavy atom. The third-order valence-corrected chi connectivity index (χ3v) is 4.79. The molecule has 3 rings (SSSR count). The number of anilines is 1. The van der Waals surface area contributed by atoms with E-state index >= 15 is 0 Å². The molecule has 128 valence electrons. The molecule has 1 aliphatic heterocycles. The first-order valence-electron chi connectivity index (χ1n) is 7.79. The number of hydrogen-bond donors (Lipinski definition) is 2. The van der Waals surface area contributed by atoms with E-state index in [9.17, 15) is 4.79 Å². The summed E-state index contributed by atoms with van der Waals surface area (Å²) in [6.45, 7) is 4.24. The summed E-state index contributed by atoms with van der Waals surface area (Å²) in [6, 6.07) is 5.82. The van der Waals surface area contributed by atoms with Gasteiger partial charge in [-0.1, -0.05) is 5.16 Å². The van der Waals surface area contributed by atoms with Crippen LogP contribution in [0.2, 0.25) is 0 Å². The maximum absolute atomic E-state index is 11.3. The first-order valence-corrected chi connectivity index (χ1v) is 9.01. The van der Waals surface area contributed by atoms with Gasteiger partial charge in [-0.05, 0) is 31.5 Å². The molecule has 1 aromatic heterocycles. The van der Waals surface area contributed by atoms with Crippen LogP contribution in [0, 0.1) is 0 Å². The maximum atomic E-state index is 11.3. The lowest BCUT2D eigenvalue weighted by Crippen LogP contribution is -2.44. The van der Waals surface area contributed by atoms with E-state index in [2.05, 4.69) is 32.7 Å². The molecular weight excluding hydrogens is 326 g/mol. The lowest BCUT2D eigenvalue weighted by Gasteiger charge is -2.30. The predicted octanol–water partition coefficient (Wildman–Crippen LogP) is 1.99. The van der Waals surface area contributed by atoms with Gasteiger partial charge in [0.1, 0.15) is 0 Å². The molecule has 7 nitrogen and oxygen atoms in total. The summed E-state index contributed by atoms with van der Waals surface area (Å²) in [5.41, 5.74) is 1.63. The Balaban J connectivity index is 1.85. The first kappa shape index (κ1) is 16.9. The summed E-state index contributed by atoms with van der Waals surface area (Å²) in [7, 11) is 2.07. The van der Waals surface area contributed by atoms with Crippen LogP contribution >= 0.6 is 11.8 Å². The summed E-state index contributed by atoms with van der Waals surface area (Å²) < 4.78 is 5.46. The van der Waals surface area contributed by atoms with Crippen molar-refractivity contribution in [3.05, 3.63) is 24.0 Å².